The highest BCUT2D eigenvalue weighted by Gasteiger charge is 2.35. The largest absolute Gasteiger partial charge is 0.497 e. The van der Waals surface area contributed by atoms with Gasteiger partial charge in [-0.3, -0.25) is 4.79 Å². The monoisotopic (exact) mass is 444 g/mol. The van der Waals surface area contributed by atoms with Crippen molar-refractivity contribution in [2.24, 2.45) is 0 Å². The van der Waals surface area contributed by atoms with Crippen molar-refractivity contribution in [3.8, 4) is 11.5 Å². The number of ether oxygens (including phenoxy) is 2. The molecule has 7 nitrogen and oxygen atoms in total. The third-order valence-electron chi connectivity index (χ3n) is 5.78. The fraction of sp³-hybridized carbons (Fsp3) is 0.435. The van der Waals surface area contributed by atoms with Crippen molar-refractivity contribution in [2.75, 3.05) is 20.2 Å². The molecule has 1 N–H and O–H groups in total. The van der Waals surface area contributed by atoms with Crippen LogP contribution in [-0.2, 0) is 10.0 Å². The average molecular weight is 445 g/mol. The zero-order chi connectivity index (χ0) is 22.2. The van der Waals surface area contributed by atoms with E-state index in [1.54, 1.807) is 25.3 Å². The van der Waals surface area contributed by atoms with Gasteiger partial charge in [0.1, 0.15) is 17.1 Å². The fourth-order valence-corrected chi connectivity index (χ4v) is 5.77. The summed E-state index contributed by atoms with van der Waals surface area (Å²) in [5, 5.41) is 3.06. The highest BCUT2D eigenvalue weighted by molar-refractivity contribution is 7.89. The first-order valence-electron chi connectivity index (χ1n) is 10.5. The van der Waals surface area contributed by atoms with Crippen LogP contribution in [0.15, 0.2) is 47.4 Å². The minimum absolute atomic E-state index is 0.149. The summed E-state index contributed by atoms with van der Waals surface area (Å²) >= 11 is 0. The Morgan fingerprint density at radius 1 is 1.16 bits per heavy atom. The van der Waals surface area contributed by atoms with Gasteiger partial charge in [-0.1, -0.05) is 6.07 Å². The molecule has 1 atom stereocenters. The van der Waals surface area contributed by atoms with E-state index < -0.39 is 15.6 Å². The molecule has 2 aromatic carbocycles. The number of carbonyl (C=O) groups excluding carboxylic acids is 1. The molecule has 2 aliphatic rings. The van der Waals surface area contributed by atoms with Crippen LogP contribution in [0.5, 0.6) is 11.5 Å². The number of rotatable bonds is 5. The standard InChI is InChI=1S/C23H28N2O5S/c1-23(2)15-20(19-14-17(29-3)9-10-21(19)30-23)24-22(26)16-7-6-8-18(13-16)31(27,28)25-11-4-5-12-25/h6-10,13-14,20H,4-5,11-12,15H2,1-3H3,(H,24,26)/t20-/m1/s1. The zero-order valence-corrected chi connectivity index (χ0v) is 18.9. The number of carbonyl (C=O) groups is 1. The Morgan fingerprint density at radius 3 is 2.61 bits per heavy atom. The number of methoxy groups -OCH3 is 1. The van der Waals surface area contributed by atoms with Gasteiger partial charge in [0, 0.05) is 30.6 Å². The Labute approximate surface area is 183 Å². The van der Waals surface area contributed by atoms with Crippen LogP contribution in [0, 0.1) is 0 Å². The van der Waals surface area contributed by atoms with Crippen LogP contribution in [0.4, 0.5) is 0 Å². The molecule has 2 aromatic rings. The minimum atomic E-state index is -3.59. The second-order valence-corrected chi connectivity index (χ2v) is 10.6. The smallest absolute Gasteiger partial charge is 0.251 e. The SMILES string of the molecule is COc1ccc2c(c1)[C@H](NC(=O)c1cccc(S(=O)(=O)N3CCCC3)c1)CC(C)(C)O2. The molecule has 0 saturated carbocycles. The number of fused-ring (bicyclic) bond motifs is 1. The number of sulfonamides is 1. The van der Waals surface area contributed by atoms with E-state index in [1.165, 1.54) is 10.4 Å². The summed E-state index contributed by atoms with van der Waals surface area (Å²) in [6.07, 6.45) is 2.30. The summed E-state index contributed by atoms with van der Waals surface area (Å²) in [5.41, 5.74) is 0.697. The molecule has 2 heterocycles. The van der Waals surface area contributed by atoms with Crippen LogP contribution in [0.2, 0.25) is 0 Å². The topological polar surface area (TPSA) is 84.9 Å². The molecule has 31 heavy (non-hydrogen) atoms. The van der Waals surface area contributed by atoms with Crippen LogP contribution < -0.4 is 14.8 Å². The number of amides is 1. The maximum absolute atomic E-state index is 13.1. The van der Waals surface area contributed by atoms with Crippen LogP contribution in [0.1, 0.15) is 55.1 Å². The maximum Gasteiger partial charge on any atom is 0.251 e. The lowest BCUT2D eigenvalue weighted by Gasteiger charge is -2.38. The predicted octanol–water partition coefficient (Wildman–Crippen LogP) is 3.51. The lowest BCUT2D eigenvalue weighted by Crippen LogP contribution is -2.41. The maximum atomic E-state index is 13.1. The van der Waals surface area contributed by atoms with Crippen molar-refractivity contribution in [3.05, 3.63) is 53.6 Å². The number of benzene rings is 2. The van der Waals surface area contributed by atoms with Crippen molar-refractivity contribution in [1.29, 1.82) is 0 Å². The molecule has 1 amide bonds. The molecule has 4 rings (SSSR count). The first-order chi connectivity index (χ1) is 14.7. The summed E-state index contributed by atoms with van der Waals surface area (Å²) in [5.74, 6) is 1.06. The molecular weight excluding hydrogens is 416 g/mol. The van der Waals surface area contributed by atoms with Gasteiger partial charge in [0.05, 0.1) is 18.0 Å². The molecule has 2 aliphatic heterocycles. The molecule has 0 spiro atoms. The van der Waals surface area contributed by atoms with E-state index in [9.17, 15) is 13.2 Å². The van der Waals surface area contributed by atoms with Gasteiger partial charge >= 0.3 is 0 Å². The van der Waals surface area contributed by atoms with E-state index in [1.807, 2.05) is 32.0 Å². The molecule has 0 bridgehead atoms. The molecule has 0 radical (unpaired) electrons. The molecule has 166 valence electrons. The molecule has 0 aromatic heterocycles. The van der Waals surface area contributed by atoms with Gasteiger partial charge in [-0.05, 0) is 63.1 Å². The highest BCUT2D eigenvalue weighted by atomic mass is 32.2. The Kier molecular flexibility index (Phi) is 5.70. The molecule has 1 saturated heterocycles. The molecule has 8 heteroatoms. The van der Waals surface area contributed by atoms with Crippen molar-refractivity contribution in [1.82, 2.24) is 9.62 Å². The summed E-state index contributed by atoms with van der Waals surface area (Å²) < 4.78 is 38.6. The normalized spacial score (nSPS) is 20.5. The Balaban J connectivity index is 1.60. The fourth-order valence-electron chi connectivity index (χ4n) is 4.21. The molecular formula is C23H28N2O5S. The average Bonchev–Trinajstić information content (AvgIpc) is 3.29. The second kappa shape index (κ2) is 8.16. The highest BCUT2D eigenvalue weighted by Crippen LogP contribution is 2.41. The second-order valence-electron chi connectivity index (χ2n) is 8.63. The van der Waals surface area contributed by atoms with Gasteiger partial charge in [-0.25, -0.2) is 8.42 Å². The third-order valence-corrected chi connectivity index (χ3v) is 7.67. The van der Waals surface area contributed by atoms with Crippen LogP contribution >= 0.6 is 0 Å². The van der Waals surface area contributed by atoms with Crippen molar-refractivity contribution < 1.29 is 22.7 Å². The van der Waals surface area contributed by atoms with Crippen molar-refractivity contribution in [2.45, 2.75) is 49.6 Å². The first kappa shape index (κ1) is 21.6. The number of hydrogen-bond acceptors (Lipinski definition) is 5. The summed E-state index contributed by atoms with van der Waals surface area (Å²) in [6.45, 7) is 4.99. The van der Waals surface area contributed by atoms with Crippen LogP contribution in [-0.4, -0.2) is 44.4 Å². The number of nitrogens with one attached hydrogen (secondary N) is 1. The van der Waals surface area contributed by atoms with Gasteiger partial charge in [-0.2, -0.15) is 4.31 Å². The predicted molar refractivity (Wildman–Crippen MR) is 117 cm³/mol. The van der Waals surface area contributed by atoms with E-state index in [0.29, 0.717) is 36.6 Å². The minimum Gasteiger partial charge on any atom is -0.497 e. The Bertz CT molecular complexity index is 1090. The van der Waals surface area contributed by atoms with Crippen LogP contribution in [0.3, 0.4) is 0 Å². The summed E-state index contributed by atoms with van der Waals surface area (Å²) in [4.78, 5) is 13.2. The van der Waals surface area contributed by atoms with E-state index in [0.717, 1.165) is 18.4 Å². The van der Waals surface area contributed by atoms with E-state index in [4.69, 9.17) is 9.47 Å². The van der Waals surface area contributed by atoms with Gasteiger partial charge in [0.2, 0.25) is 10.0 Å². The van der Waals surface area contributed by atoms with E-state index in [2.05, 4.69) is 5.32 Å². The summed E-state index contributed by atoms with van der Waals surface area (Å²) in [7, 11) is -1.99. The van der Waals surface area contributed by atoms with Gasteiger partial charge in [-0.15, -0.1) is 0 Å². The van der Waals surface area contributed by atoms with Gasteiger partial charge in [0.15, 0.2) is 0 Å². The lowest BCUT2D eigenvalue weighted by molar-refractivity contribution is 0.0618. The lowest BCUT2D eigenvalue weighted by atomic mass is 9.89. The van der Waals surface area contributed by atoms with Gasteiger partial charge in [0.25, 0.3) is 5.91 Å². The molecule has 0 aliphatic carbocycles. The quantitative estimate of drug-likeness (QED) is 0.763. The zero-order valence-electron chi connectivity index (χ0n) is 18.1. The van der Waals surface area contributed by atoms with Crippen molar-refractivity contribution >= 4 is 15.9 Å². The first-order valence-corrected chi connectivity index (χ1v) is 11.9. The molecule has 1 fully saturated rings. The molecule has 0 unspecified atom stereocenters. The van der Waals surface area contributed by atoms with E-state index in [-0.39, 0.29) is 16.8 Å². The number of nitrogens with zero attached hydrogens (tertiary/aromatic N) is 1. The van der Waals surface area contributed by atoms with E-state index >= 15 is 0 Å². The Hall–Kier alpha value is -2.58. The number of hydrogen-bond donors (Lipinski definition) is 1. The summed E-state index contributed by atoms with van der Waals surface area (Å²) in [6, 6.07) is 11.5. The Morgan fingerprint density at radius 2 is 1.90 bits per heavy atom. The van der Waals surface area contributed by atoms with Gasteiger partial charge < -0.3 is 14.8 Å². The van der Waals surface area contributed by atoms with Crippen LogP contribution in [0.25, 0.3) is 0 Å². The van der Waals surface area contributed by atoms with Crippen molar-refractivity contribution in [3.63, 3.8) is 0 Å². The third kappa shape index (κ3) is 4.41.